The topological polar surface area (TPSA) is 63.3 Å². The lowest BCUT2D eigenvalue weighted by Crippen LogP contribution is -2.22. The minimum Gasteiger partial charge on any atom is -0.370 e. The second-order valence-electron chi connectivity index (χ2n) is 4.51. The van der Waals surface area contributed by atoms with Gasteiger partial charge in [-0.05, 0) is 18.1 Å². The van der Waals surface area contributed by atoms with E-state index in [0.717, 1.165) is 16.4 Å². The molecule has 6 heteroatoms. The molecule has 0 amide bonds. The van der Waals surface area contributed by atoms with E-state index in [1.165, 1.54) is 0 Å². The Morgan fingerprint density at radius 1 is 1.35 bits per heavy atom. The molecule has 1 aromatic heterocycles. The third-order valence-corrected chi connectivity index (χ3v) is 3.44. The first-order chi connectivity index (χ1) is 9.15. The molecule has 3 N–H and O–H groups in total. The first-order valence-electron chi connectivity index (χ1n) is 6.21. The summed E-state index contributed by atoms with van der Waals surface area (Å²) in [5.74, 6) is 0.862. The quantitative estimate of drug-likeness (QED) is 0.465. The highest BCUT2D eigenvalue weighted by Crippen LogP contribution is 2.18. The van der Waals surface area contributed by atoms with E-state index in [0.29, 0.717) is 18.4 Å². The number of nitrogens with one attached hydrogen (secondary N) is 1. The van der Waals surface area contributed by atoms with Crippen molar-refractivity contribution in [1.82, 2.24) is 4.98 Å². The van der Waals surface area contributed by atoms with Crippen LogP contribution in [-0.4, -0.2) is 10.9 Å². The highest BCUT2D eigenvalue weighted by atomic mass is 127. The van der Waals surface area contributed by atoms with E-state index in [1.807, 2.05) is 30.3 Å². The summed E-state index contributed by atoms with van der Waals surface area (Å²) >= 11 is 1.62. The average Bonchev–Trinajstić information content (AvgIpc) is 2.86. The van der Waals surface area contributed by atoms with Crippen molar-refractivity contribution in [2.45, 2.75) is 26.3 Å². The lowest BCUT2D eigenvalue weighted by Gasteiger charge is -2.04. The van der Waals surface area contributed by atoms with Crippen LogP contribution in [0.5, 0.6) is 0 Å². The molecule has 108 valence electrons. The number of nitrogens with zero attached hydrogens (tertiary/aromatic N) is 2. The fourth-order valence-corrected chi connectivity index (χ4v) is 2.40. The highest BCUT2D eigenvalue weighted by molar-refractivity contribution is 14.0. The maximum atomic E-state index is 5.84. The first-order valence-corrected chi connectivity index (χ1v) is 7.09. The van der Waals surface area contributed by atoms with E-state index in [4.69, 9.17) is 5.73 Å². The number of thiazole rings is 1. The maximum Gasteiger partial charge on any atom is 0.193 e. The normalized spacial score (nSPS) is 11.2. The minimum atomic E-state index is 0. The van der Waals surface area contributed by atoms with Gasteiger partial charge in [0.25, 0.3) is 0 Å². The summed E-state index contributed by atoms with van der Waals surface area (Å²) in [6.45, 7) is 4.78. The number of nitrogens with two attached hydrogens (primary N) is 1. The summed E-state index contributed by atoms with van der Waals surface area (Å²) in [6.07, 6.45) is 0. The number of benzene rings is 1. The molecule has 0 fully saturated rings. The molecule has 0 aliphatic rings. The van der Waals surface area contributed by atoms with Crippen LogP contribution in [0.25, 0.3) is 0 Å². The van der Waals surface area contributed by atoms with Crippen LogP contribution in [0.1, 0.15) is 30.5 Å². The van der Waals surface area contributed by atoms with Gasteiger partial charge in [-0.3, -0.25) is 0 Å². The van der Waals surface area contributed by atoms with Crippen molar-refractivity contribution < 1.29 is 0 Å². The van der Waals surface area contributed by atoms with Gasteiger partial charge in [-0.25, -0.2) is 9.98 Å². The highest BCUT2D eigenvalue weighted by Gasteiger charge is 2.05. The fraction of sp³-hybridized carbons (Fsp3) is 0.286. The standard InChI is InChI=1S/C14H18N4S.HI/c1-10(2)12-9-19-13(18-12)8-16-14(15)17-11-6-4-3-5-7-11;/h3-7,9-10H,8H2,1-2H3,(H3,15,16,17);1H. The van der Waals surface area contributed by atoms with Crippen LogP contribution in [-0.2, 0) is 6.54 Å². The van der Waals surface area contributed by atoms with Gasteiger partial charge in [-0.15, -0.1) is 35.3 Å². The molecule has 0 spiro atoms. The van der Waals surface area contributed by atoms with Crippen LogP contribution in [0, 0.1) is 0 Å². The van der Waals surface area contributed by atoms with E-state index in [9.17, 15) is 0 Å². The lowest BCUT2D eigenvalue weighted by atomic mass is 10.2. The molecule has 1 heterocycles. The Balaban J connectivity index is 0.00000200. The predicted molar refractivity (Wildman–Crippen MR) is 97.0 cm³/mol. The Bertz CT molecular complexity index is 551. The van der Waals surface area contributed by atoms with Crippen molar-refractivity contribution in [1.29, 1.82) is 0 Å². The summed E-state index contributed by atoms with van der Waals surface area (Å²) in [4.78, 5) is 8.81. The molecule has 0 aliphatic carbocycles. The Labute approximate surface area is 140 Å². The molecule has 0 atom stereocenters. The van der Waals surface area contributed by atoms with E-state index >= 15 is 0 Å². The minimum absolute atomic E-state index is 0. The van der Waals surface area contributed by atoms with Gasteiger partial charge in [0.05, 0.1) is 12.2 Å². The third-order valence-electron chi connectivity index (χ3n) is 2.59. The third kappa shape index (κ3) is 5.09. The number of guanidine groups is 1. The molecule has 0 aliphatic heterocycles. The number of anilines is 1. The Morgan fingerprint density at radius 2 is 2.05 bits per heavy atom. The number of aromatic nitrogens is 1. The summed E-state index contributed by atoms with van der Waals surface area (Å²) in [6, 6.07) is 9.75. The Hall–Kier alpha value is -1.15. The smallest absolute Gasteiger partial charge is 0.193 e. The van der Waals surface area contributed by atoms with E-state index in [-0.39, 0.29) is 24.0 Å². The molecule has 0 unspecified atom stereocenters. The number of hydrogen-bond acceptors (Lipinski definition) is 3. The zero-order valence-electron chi connectivity index (χ0n) is 11.5. The van der Waals surface area contributed by atoms with Gasteiger partial charge in [-0.1, -0.05) is 32.0 Å². The summed E-state index contributed by atoms with van der Waals surface area (Å²) in [5.41, 5.74) is 7.89. The zero-order valence-corrected chi connectivity index (χ0v) is 14.7. The van der Waals surface area contributed by atoms with Gasteiger partial charge in [0, 0.05) is 11.1 Å². The molecule has 0 bridgehead atoms. The van der Waals surface area contributed by atoms with E-state index in [2.05, 4.69) is 34.5 Å². The molecule has 20 heavy (non-hydrogen) atoms. The molecular weight excluding hydrogens is 383 g/mol. The van der Waals surface area contributed by atoms with Gasteiger partial charge in [-0.2, -0.15) is 0 Å². The molecular formula is C14H19IN4S. The Kier molecular flexibility index (Phi) is 6.94. The maximum absolute atomic E-state index is 5.84. The number of para-hydroxylation sites is 1. The van der Waals surface area contributed by atoms with Crippen molar-refractivity contribution >= 4 is 47.0 Å². The van der Waals surface area contributed by atoms with Crippen LogP contribution >= 0.6 is 35.3 Å². The molecule has 0 radical (unpaired) electrons. The van der Waals surface area contributed by atoms with E-state index in [1.54, 1.807) is 11.3 Å². The Morgan fingerprint density at radius 3 is 2.65 bits per heavy atom. The molecule has 0 saturated heterocycles. The second-order valence-corrected chi connectivity index (χ2v) is 5.46. The fourth-order valence-electron chi connectivity index (χ4n) is 1.52. The summed E-state index contributed by atoms with van der Waals surface area (Å²) < 4.78 is 0. The largest absolute Gasteiger partial charge is 0.370 e. The molecule has 0 saturated carbocycles. The number of rotatable bonds is 4. The van der Waals surface area contributed by atoms with Crippen LogP contribution in [0.3, 0.4) is 0 Å². The average molecular weight is 402 g/mol. The molecule has 2 aromatic rings. The van der Waals surface area contributed by atoms with Gasteiger partial charge >= 0.3 is 0 Å². The van der Waals surface area contributed by atoms with Gasteiger partial charge < -0.3 is 11.1 Å². The number of hydrogen-bond donors (Lipinski definition) is 2. The van der Waals surface area contributed by atoms with Crippen molar-refractivity contribution in [2.24, 2.45) is 10.7 Å². The van der Waals surface area contributed by atoms with Crippen molar-refractivity contribution in [3.05, 3.63) is 46.4 Å². The lowest BCUT2D eigenvalue weighted by molar-refractivity contribution is 0.821. The van der Waals surface area contributed by atoms with Crippen molar-refractivity contribution in [3.63, 3.8) is 0 Å². The van der Waals surface area contributed by atoms with Gasteiger partial charge in [0.2, 0.25) is 0 Å². The zero-order chi connectivity index (χ0) is 13.7. The van der Waals surface area contributed by atoms with Crippen LogP contribution < -0.4 is 11.1 Å². The summed E-state index contributed by atoms with van der Waals surface area (Å²) in [5, 5.41) is 6.11. The van der Waals surface area contributed by atoms with Crippen LogP contribution in [0.15, 0.2) is 40.7 Å². The summed E-state index contributed by atoms with van der Waals surface area (Å²) in [7, 11) is 0. The van der Waals surface area contributed by atoms with E-state index < -0.39 is 0 Å². The van der Waals surface area contributed by atoms with Gasteiger partial charge in [0.1, 0.15) is 5.01 Å². The molecule has 1 aromatic carbocycles. The predicted octanol–water partition coefficient (Wildman–Crippen LogP) is 3.81. The number of halogens is 1. The monoisotopic (exact) mass is 402 g/mol. The van der Waals surface area contributed by atoms with Crippen LogP contribution in [0.4, 0.5) is 5.69 Å². The SMILES string of the molecule is CC(C)c1csc(CN=C(N)Nc2ccccc2)n1.I. The van der Waals surface area contributed by atoms with Gasteiger partial charge in [0.15, 0.2) is 5.96 Å². The van der Waals surface area contributed by atoms with Crippen LogP contribution in [0.2, 0.25) is 0 Å². The second kappa shape index (κ2) is 8.21. The molecule has 2 rings (SSSR count). The first kappa shape index (κ1) is 16.9. The molecule has 4 nitrogen and oxygen atoms in total. The van der Waals surface area contributed by atoms with Crippen molar-refractivity contribution in [2.75, 3.05) is 5.32 Å². The van der Waals surface area contributed by atoms with Crippen molar-refractivity contribution in [3.8, 4) is 0 Å². The number of aliphatic imine (C=N–C) groups is 1.